The molecule has 0 spiro atoms. The topological polar surface area (TPSA) is 55.4 Å². The molecule has 24 heavy (non-hydrogen) atoms. The zero-order valence-electron chi connectivity index (χ0n) is 13.6. The molecular weight excluding hydrogens is 302 g/mol. The monoisotopic (exact) mass is 323 g/mol. The number of carbonyl (C=O) groups is 1. The van der Waals surface area contributed by atoms with E-state index >= 15 is 0 Å². The van der Waals surface area contributed by atoms with Crippen molar-refractivity contribution in [3.8, 4) is 0 Å². The fraction of sp³-hybridized carbons (Fsp3) is 0.389. The molecule has 6 nitrogen and oxygen atoms in total. The van der Waals surface area contributed by atoms with E-state index in [0.29, 0.717) is 0 Å². The van der Waals surface area contributed by atoms with Gasteiger partial charge in [-0.05, 0) is 43.9 Å². The summed E-state index contributed by atoms with van der Waals surface area (Å²) in [4.78, 5) is 19.3. The molecule has 1 aliphatic rings. The number of amides is 1. The fourth-order valence-electron chi connectivity index (χ4n) is 3.49. The molecule has 1 fully saturated rings. The van der Waals surface area contributed by atoms with Gasteiger partial charge in [-0.15, -0.1) is 0 Å². The van der Waals surface area contributed by atoms with Crippen molar-refractivity contribution in [2.75, 3.05) is 6.54 Å². The molecule has 0 saturated carbocycles. The van der Waals surface area contributed by atoms with Crippen molar-refractivity contribution in [1.82, 2.24) is 24.1 Å². The van der Waals surface area contributed by atoms with Crippen molar-refractivity contribution >= 4 is 11.6 Å². The molecular formula is C18H21N5O. The van der Waals surface area contributed by atoms with E-state index < -0.39 is 0 Å². The van der Waals surface area contributed by atoms with Crippen LogP contribution in [0.3, 0.4) is 0 Å². The fourth-order valence-corrected chi connectivity index (χ4v) is 3.49. The number of nitrogens with zero attached hydrogens (tertiary/aromatic N) is 5. The summed E-state index contributed by atoms with van der Waals surface area (Å²) in [7, 11) is 0. The molecule has 1 atom stereocenters. The van der Waals surface area contributed by atoms with Gasteiger partial charge in [-0.25, -0.2) is 4.98 Å². The van der Waals surface area contributed by atoms with Gasteiger partial charge in [-0.2, -0.15) is 5.10 Å². The predicted octanol–water partition coefficient (Wildman–Crippen LogP) is 2.62. The maximum absolute atomic E-state index is 13.0. The van der Waals surface area contributed by atoms with E-state index in [1.54, 1.807) is 12.4 Å². The number of hydrogen-bond donors (Lipinski definition) is 0. The number of fused-ring (bicyclic) bond motifs is 1. The Kier molecular flexibility index (Phi) is 4.02. The van der Waals surface area contributed by atoms with Gasteiger partial charge < -0.3 is 9.30 Å². The maximum atomic E-state index is 13.0. The molecule has 0 radical (unpaired) electrons. The van der Waals surface area contributed by atoms with Crippen LogP contribution in [0, 0.1) is 0 Å². The molecule has 0 aliphatic carbocycles. The van der Waals surface area contributed by atoms with E-state index in [0.717, 1.165) is 43.6 Å². The van der Waals surface area contributed by atoms with Crippen molar-refractivity contribution in [3.63, 3.8) is 0 Å². The molecule has 124 valence electrons. The number of aryl methyl sites for hydroxylation is 1. The molecule has 1 aliphatic heterocycles. The standard InChI is InChI=1S/C18H21N5O/c24-18(15-5-6-17-19-9-13-21(17)14-15)23-11-2-1-4-16(23)7-12-22-10-3-8-20-22/h3,5-6,8-10,13-14,16H,1-2,4,7,11-12H2. The van der Waals surface area contributed by atoms with Gasteiger partial charge in [-0.3, -0.25) is 9.48 Å². The first-order valence-electron chi connectivity index (χ1n) is 8.52. The number of pyridine rings is 1. The van der Waals surface area contributed by atoms with Gasteiger partial charge in [0.15, 0.2) is 0 Å². The smallest absolute Gasteiger partial charge is 0.255 e. The molecule has 0 bridgehead atoms. The third-order valence-corrected chi connectivity index (χ3v) is 4.77. The van der Waals surface area contributed by atoms with E-state index in [2.05, 4.69) is 10.1 Å². The van der Waals surface area contributed by atoms with Crippen molar-refractivity contribution in [2.45, 2.75) is 38.3 Å². The second kappa shape index (κ2) is 6.47. The Labute approximate surface area is 140 Å². The zero-order chi connectivity index (χ0) is 16.4. The lowest BCUT2D eigenvalue weighted by atomic mass is 9.98. The summed E-state index contributed by atoms with van der Waals surface area (Å²) < 4.78 is 3.84. The van der Waals surface area contributed by atoms with Crippen LogP contribution in [-0.2, 0) is 6.54 Å². The Morgan fingerprint density at radius 1 is 1.21 bits per heavy atom. The Morgan fingerprint density at radius 2 is 2.17 bits per heavy atom. The van der Waals surface area contributed by atoms with Gasteiger partial charge in [0.2, 0.25) is 0 Å². The van der Waals surface area contributed by atoms with Gasteiger partial charge in [-0.1, -0.05) is 0 Å². The summed E-state index contributed by atoms with van der Waals surface area (Å²) >= 11 is 0. The number of piperidine rings is 1. The average molecular weight is 323 g/mol. The second-order valence-electron chi connectivity index (χ2n) is 6.32. The average Bonchev–Trinajstić information content (AvgIpc) is 3.30. The normalized spacial score (nSPS) is 18.2. The van der Waals surface area contributed by atoms with Gasteiger partial charge in [0.05, 0.1) is 5.56 Å². The lowest BCUT2D eigenvalue weighted by Gasteiger charge is -2.36. The minimum atomic E-state index is 0.121. The first-order valence-corrected chi connectivity index (χ1v) is 8.52. The molecule has 3 aromatic heterocycles. The zero-order valence-corrected chi connectivity index (χ0v) is 13.6. The summed E-state index contributed by atoms with van der Waals surface area (Å²) in [5.41, 5.74) is 1.59. The highest BCUT2D eigenvalue weighted by atomic mass is 16.2. The summed E-state index contributed by atoms with van der Waals surface area (Å²) in [6.45, 7) is 1.69. The minimum Gasteiger partial charge on any atom is -0.336 e. The molecule has 0 N–H and O–H groups in total. The largest absolute Gasteiger partial charge is 0.336 e. The first-order chi connectivity index (χ1) is 11.8. The molecule has 1 unspecified atom stereocenters. The van der Waals surface area contributed by atoms with Crippen LogP contribution in [0.5, 0.6) is 0 Å². The second-order valence-corrected chi connectivity index (χ2v) is 6.32. The molecule has 1 amide bonds. The Bertz CT molecular complexity index is 823. The summed E-state index contributed by atoms with van der Waals surface area (Å²) in [6.07, 6.45) is 13.6. The number of imidazole rings is 1. The van der Waals surface area contributed by atoms with Crippen LogP contribution >= 0.6 is 0 Å². The highest BCUT2D eigenvalue weighted by molar-refractivity contribution is 5.94. The Balaban J connectivity index is 1.51. The van der Waals surface area contributed by atoms with Crippen LogP contribution in [0.4, 0.5) is 0 Å². The minimum absolute atomic E-state index is 0.121. The van der Waals surface area contributed by atoms with Crippen molar-refractivity contribution in [2.24, 2.45) is 0 Å². The van der Waals surface area contributed by atoms with Crippen molar-refractivity contribution < 1.29 is 4.79 Å². The van der Waals surface area contributed by atoms with Crippen LogP contribution in [0.25, 0.3) is 5.65 Å². The van der Waals surface area contributed by atoms with Crippen molar-refractivity contribution in [3.05, 3.63) is 54.7 Å². The number of carbonyl (C=O) groups excluding carboxylic acids is 1. The number of likely N-dealkylation sites (tertiary alicyclic amines) is 1. The van der Waals surface area contributed by atoms with Crippen molar-refractivity contribution in [1.29, 1.82) is 0 Å². The Hall–Kier alpha value is -2.63. The van der Waals surface area contributed by atoms with Crippen LogP contribution in [-0.4, -0.2) is 42.6 Å². The highest BCUT2D eigenvalue weighted by Gasteiger charge is 2.27. The van der Waals surface area contributed by atoms with Gasteiger partial charge in [0.1, 0.15) is 5.65 Å². The third-order valence-electron chi connectivity index (χ3n) is 4.77. The molecule has 4 heterocycles. The third kappa shape index (κ3) is 2.91. The molecule has 1 saturated heterocycles. The Morgan fingerprint density at radius 3 is 3.04 bits per heavy atom. The lowest BCUT2D eigenvalue weighted by Crippen LogP contribution is -2.44. The number of aromatic nitrogens is 4. The van der Waals surface area contributed by atoms with Crippen LogP contribution < -0.4 is 0 Å². The van der Waals surface area contributed by atoms with Gasteiger partial charge in [0.25, 0.3) is 5.91 Å². The van der Waals surface area contributed by atoms with Crippen LogP contribution in [0.1, 0.15) is 36.0 Å². The number of hydrogen-bond acceptors (Lipinski definition) is 3. The number of rotatable bonds is 4. The predicted molar refractivity (Wildman–Crippen MR) is 90.7 cm³/mol. The highest BCUT2D eigenvalue weighted by Crippen LogP contribution is 2.22. The maximum Gasteiger partial charge on any atom is 0.255 e. The van der Waals surface area contributed by atoms with E-state index in [9.17, 15) is 4.79 Å². The van der Waals surface area contributed by atoms with Gasteiger partial charge in [0, 0.05) is 50.1 Å². The quantitative estimate of drug-likeness (QED) is 0.741. The molecule has 0 aromatic carbocycles. The van der Waals surface area contributed by atoms with E-state index in [-0.39, 0.29) is 11.9 Å². The summed E-state index contributed by atoms with van der Waals surface area (Å²) in [5, 5.41) is 4.26. The first kappa shape index (κ1) is 14.9. The lowest BCUT2D eigenvalue weighted by molar-refractivity contribution is 0.0593. The molecule has 4 rings (SSSR count). The molecule has 6 heteroatoms. The van der Waals surface area contributed by atoms with E-state index in [1.165, 1.54) is 6.42 Å². The SMILES string of the molecule is O=C(c1ccc2nccn2c1)N1CCCCC1CCn1cccn1. The summed E-state index contributed by atoms with van der Waals surface area (Å²) in [6, 6.07) is 6.00. The van der Waals surface area contributed by atoms with E-state index in [1.807, 2.05) is 50.8 Å². The summed E-state index contributed by atoms with van der Waals surface area (Å²) in [5.74, 6) is 0.121. The van der Waals surface area contributed by atoms with Crippen LogP contribution in [0.15, 0.2) is 49.2 Å². The van der Waals surface area contributed by atoms with E-state index in [4.69, 9.17) is 0 Å². The van der Waals surface area contributed by atoms with Crippen LogP contribution in [0.2, 0.25) is 0 Å². The molecule has 3 aromatic rings. The van der Waals surface area contributed by atoms with Gasteiger partial charge >= 0.3 is 0 Å².